The lowest BCUT2D eigenvalue weighted by Crippen LogP contribution is -2.49. The molecule has 1 saturated heterocycles. The summed E-state index contributed by atoms with van der Waals surface area (Å²) in [6.45, 7) is 9.74. The Hall–Kier alpha value is -6.69. The standard InChI is InChI=1S/C64H81Cl2N11O9S/c1-73(24-3-4-31-85-56-18-7-46(8-19-56)9-22-59(78)77(58-41-48-39-50(58)40-48)61(49-10-14-52(66)15-11-49)62(80)67-43-47-5-12-51(65)13-6-47)29-33-83-36-35-82-32-23-54-44-76(72-71-54)30-34-84-37-38-86-57-20-16-53(17-21-57)68-63(81)70-64-69-55(45-87-64)42-60(79)75-27-25-74(2)26-28-75/h5-8,10-21,44-45,48,50,58,61H,3-4,9,22-43H2,1-2H3,(H,67,80)(H2,68,69,70,81)/t48?,50?,58-,61?/m1/s1. The lowest BCUT2D eigenvalue weighted by atomic mass is 9.83. The largest absolute Gasteiger partial charge is 0.494 e. The zero-order valence-electron chi connectivity index (χ0n) is 49.8. The van der Waals surface area contributed by atoms with Crippen molar-refractivity contribution in [1.82, 2.24) is 44.9 Å². The zero-order valence-corrected chi connectivity index (χ0v) is 52.1. The number of aryl methyl sites for hydroxylation is 1. The van der Waals surface area contributed by atoms with Gasteiger partial charge in [-0.3, -0.25) is 19.7 Å². The summed E-state index contributed by atoms with van der Waals surface area (Å²) in [5, 5.41) is 20.5. The van der Waals surface area contributed by atoms with Gasteiger partial charge in [0, 0.05) is 85.5 Å². The minimum absolute atomic E-state index is 0.0137. The van der Waals surface area contributed by atoms with E-state index in [9.17, 15) is 19.2 Å². The van der Waals surface area contributed by atoms with Gasteiger partial charge in [0.1, 0.15) is 24.1 Å². The molecule has 23 heteroatoms. The molecule has 87 heavy (non-hydrogen) atoms. The van der Waals surface area contributed by atoms with Crippen LogP contribution < -0.4 is 25.4 Å². The predicted molar refractivity (Wildman–Crippen MR) is 337 cm³/mol. The van der Waals surface area contributed by atoms with Gasteiger partial charge < -0.3 is 53.9 Å². The van der Waals surface area contributed by atoms with Crippen LogP contribution in [0.15, 0.2) is 109 Å². The summed E-state index contributed by atoms with van der Waals surface area (Å²) >= 11 is 13.7. The smallest absolute Gasteiger partial charge is 0.325 e. The van der Waals surface area contributed by atoms with E-state index in [1.165, 1.54) is 11.3 Å². The number of hydrogen-bond donors (Lipinski definition) is 3. The van der Waals surface area contributed by atoms with Crippen molar-refractivity contribution in [2.24, 2.45) is 11.8 Å². The predicted octanol–water partition coefficient (Wildman–Crippen LogP) is 9.08. The normalized spacial score (nSPS) is 16.7. The van der Waals surface area contributed by atoms with Crippen LogP contribution in [0.4, 0.5) is 15.6 Å². The van der Waals surface area contributed by atoms with E-state index >= 15 is 0 Å². The van der Waals surface area contributed by atoms with Crippen molar-refractivity contribution in [3.63, 3.8) is 0 Å². The second-order valence-electron chi connectivity index (χ2n) is 22.5. The average molecular weight is 1250 g/mol. The number of carbonyl (C=O) groups is 4. The van der Waals surface area contributed by atoms with Gasteiger partial charge in [-0.25, -0.2) is 14.5 Å². The number of thiazole rings is 1. The van der Waals surface area contributed by atoms with Gasteiger partial charge in [0.2, 0.25) is 17.7 Å². The van der Waals surface area contributed by atoms with Crippen LogP contribution in [-0.2, 0) is 60.9 Å². The highest BCUT2D eigenvalue weighted by Crippen LogP contribution is 2.52. The number of nitrogens with one attached hydrogen (secondary N) is 3. The molecule has 0 radical (unpaired) electrons. The Balaban J connectivity index is 0.566. The van der Waals surface area contributed by atoms with Gasteiger partial charge in [-0.15, -0.1) is 16.4 Å². The van der Waals surface area contributed by atoms with E-state index in [0.29, 0.717) is 136 Å². The molecule has 0 spiro atoms. The number of ether oxygens (including phenoxy) is 5. The van der Waals surface area contributed by atoms with Crippen LogP contribution in [0.5, 0.6) is 11.5 Å². The number of nitrogens with zero attached hydrogens (tertiary/aromatic N) is 8. The maximum Gasteiger partial charge on any atom is 0.325 e. The zero-order chi connectivity index (χ0) is 60.7. The fourth-order valence-corrected chi connectivity index (χ4v) is 12.0. The summed E-state index contributed by atoms with van der Waals surface area (Å²) in [6, 6.07) is 28.6. The number of urea groups is 1. The summed E-state index contributed by atoms with van der Waals surface area (Å²) in [4.78, 5) is 66.5. The number of unbranched alkanes of at least 4 members (excludes halogenated alkanes) is 1. The van der Waals surface area contributed by atoms with E-state index in [1.807, 2.05) is 71.6 Å². The molecular weight excluding hydrogens is 1170 g/mol. The first-order valence-electron chi connectivity index (χ1n) is 30.2. The van der Waals surface area contributed by atoms with Crippen molar-refractivity contribution in [3.05, 3.63) is 147 Å². The molecule has 4 aromatic carbocycles. The average Bonchev–Trinajstić information content (AvgIpc) is 1.80. The van der Waals surface area contributed by atoms with Gasteiger partial charge in [0.15, 0.2) is 5.13 Å². The lowest BCUT2D eigenvalue weighted by Gasteiger charge is -2.38. The van der Waals surface area contributed by atoms with Crippen LogP contribution in [-0.4, -0.2) is 176 Å². The van der Waals surface area contributed by atoms with E-state index in [4.69, 9.17) is 46.9 Å². The third-order valence-corrected chi connectivity index (χ3v) is 17.3. The molecule has 3 saturated carbocycles. The molecule has 20 nitrogen and oxygen atoms in total. The molecule has 5 amide bonds. The van der Waals surface area contributed by atoms with Crippen LogP contribution >= 0.6 is 34.5 Å². The maximum atomic E-state index is 14.4. The first-order valence-corrected chi connectivity index (χ1v) is 31.8. The fourth-order valence-electron chi connectivity index (χ4n) is 11.0. The van der Waals surface area contributed by atoms with E-state index in [0.717, 1.165) is 86.4 Å². The fraction of sp³-hybridized carbons (Fsp3) is 0.484. The molecule has 1 unspecified atom stereocenters. The minimum Gasteiger partial charge on any atom is -0.494 e. The number of anilines is 2. The summed E-state index contributed by atoms with van der Waals surface area (Å²) in [5.74, 6) is 2.27. The molecule has 1 aliphatic heterocycles. The molecule has 2 aromatic heterocycles. The van der Waals surface area contributed by atoms with Gasteiger partial charge in [0.05, 0.1) is 70.6 Å². The van der Waals surface area contributed by atoms with Crippen molar-refractivity contribution in [2.45, 2.75) is 83.0 Å². The van der Waals surface area contributed by atoms with Crippen LogP contribution in [0.3, 0.4) is 0 Å². The number of piperazine rings is 1. The third-order valence-electron chi connectivity index (χ3n) is 16.0. The minimum atomic E-state index is -0.776. The van der Waals surface area contributed by atoms with Gasteiger partial charge in [-0.2, -0.15) is 0 Å². The SMILES string of the molecule is CN(CCCCOc1ccc(CCC(=O)N(C(C(=O)NCc2ccc(Cl)cc2)c2ccc(Cl)cc2)[C@@H]2CC3CC2C3)cc1)CCOCCOCCc1cn(CCOCCOc2ccc(NC(=O)Nc3nc(CC(=O)N4CCN(C)CC4)cs3)cc2)nn1. The number of aromatic nitrogens is 4. The summed E-state index contributed by atoms with van der Waals surface area (Å²) in [7, 11) is 4.15. The highest BCUT2D eigenvalue weighted by molar-refractivity contribution is 7.14. The van der Waals surface area contributed by atoms with Crippen molar-refractivity contribution in [1.29, 1.82) is 0 Å². The molecule has 10 rings (SSSR count). The highest BCUT2D eigenvalue weighted by Gasteiger charge is 2.50. The molecule has 3 aliphatic carbocycles. The van der Waals surface area contributed by atoms with Crippen molar-refractivity contribution in [3.8, 4) is 11.5 Å². The van der Waals surface area contributed by atoms with E-state index < -0.39 is 12.1 Å². The Morgan fingerprint density at radius 1 is 0.701 bits per heavy atom. The third kappa shape index (κ3) is 20.7. The van der Waals surface area contributed by atoms with Crippen molar-refractivity contribution < 1.29 is 42.9 Å². The van der Waals surface area contributed by atoms with Crippen LogP contribution in [0.1, 0.15) is 72.6 Å². The Labute approximate surface area is 524 Å². The molecule has 4 aliphatic rings. The number of halogens is 2. The van der Waals surface area contributed by atoms with Gasteiger partial charge in [0.25, 0.3) is 0 Å². The molecule has 466 valence electrons. The summed E-state index contributed by atoms with van der Waals surface area (Å²) in [6.07, 6.45) is 8.63. The lowest BCUT2D eigenvalue weighted by molar-refractivity contribution is -0.144. The molecule has 3 N–H and O–H groups in total. The Morgan fingerprint density at radius 2 is 1.37 bits per heavy atom. The Bertz CT molecular complexity index is 3090. The first kappa shape index (κ1) is 64.8. The van der Waals surface area contributed by atoms with Crippen LogP contribution in [0, 0.1) is 11.8 Å². The van der Waals surface area contributed by atoms with Gasteiger partial charge >= 0.3 is 6.03 Å². The Kier molecular flexibility index (Phi) is 25.0. The van der Waals surface area contributed by atoms with E-state index in [-0.39, 0.29) is 36.6 Å². The molecule has 3 heterocycles. The second kappa shape index (κ2) is 33.6. The molecule has 2 atom stereocenters. The number of likely N-dealkylation sites (N-methyl/N-ethyl adjacent to an activating group) is 2. The van der Waals surface area contributed by atoms with Crippen molar-refractivity contribution in [2.75, 3.05) is 117 Å². The number of amides is 5. The molecule has 6 aromatic rings. The molecule has 2 bridgehead atoms. The van der Waals surface area contributed by atoms with Gasteiger partial charge in [-0.1, -0.05) is 64.8 Å². The number of carbonyl (C=O) groups excluding carboxylic acids is 4. The van der Waals surface area contributed by atoms with E-state index in [1.54, 1.807) is 58.6 Å². The van der Waals surface area contributed by atoms with Gasteiger partial charge in [-0.05, 0) is 148 Å². The Morgan fingerprint density at radius 3 is 2.09 bits per heavy atom. The quantitative estimate of drug-likeness (QED) is 0.0318. The maximum absolute atomic E-state index is 14.4. The molecule has 4 fully saturated rings. The van der Waals surface area contributed by atoms with Crippen LogP contribution in [0.2, 0.25) is 10.0 Å². The number of benzene rings is 4. The first-order chi connectivity index (χ1) is 42.4. The monoisotopic (exact) mass is 1250 g/mol. The number of rotatable bonds is 35. The summed E-state index contributed by atoms with van der Waals surface area (Å²) < 4.78 is 31.0. The van der Waals surface area contributed by atoms with E-state index in [2.05, 4.69) is 48.1 Å². The molecular formula is C64H81Cl2N11O9S. The topological polar surface area (TPSA) is 207 Å². The second-order valence-corrected chi connectivity index (χ2v) is 24.3. The number of hydrogen-bond acceptors (Lipinski definition) is 15. The van der Waals surface area contributed by atoms with Crippen molar-refractivity contribution >= 4 is 69.1 Å². The highest BCUT2D eigenvalue weighted by atomic mass is 35.5. The number of fused-ring (bicyclic) bond motifs is 1. The summed E-state index contributed by atoms with van der Waals surface area (Å²) in [5.41, 5.74) is 4.79. The van der Waals surface area contributed by atoms with Crippen LogP contribution in [0.25, 0.3) is 0 Å².